The summed E-state index contributed by atoms with van der Waals surface area (Å²) in [5.41, 5.74) is 1.45. The lowest BCUT2D eigenvalue weighted by Crippen LogP contribution is -2.50. The highest BCUT2D eigenvalue weighted by Gasteiger charge is 2.49. The summed E-state index contributed by atoms with van der Waals surface area (Å²) >= 11 is 12.0. The van der Waals surface area contributed by atoms with Gasteiger partial charge in [-0.1, -0.05) is 47.5 Å². The third-order valence-electron chi connectivity index (χ3n) is 5.72. The Morgan fingerprint density at radius 1 is 1.09 bits per heavy atom. The molecule has 1 heterocycles. The summed E-state index contributed by atoms with van der Waals surface area (Å²) in [6.07, 6.45) is 9.44. The van der Waals surface area contributed by atoms with Gasteiger partial charge in [0.05, 0.1) is 21.0 Å². The van der Waals surface area contributed by atoms with E-state index in [0.717, 1.165) is 5.56 Å². The monoisotopic (exact) mass is 471 g/mol. The number of nitrogens with one attached hydrogen (secondary N) is 2. The van der Waals surface area contributed by atoms with E-state index in [4.69, 9.17) is 23.2 Å². The summed E-state index contributed by atoms with van der Waals surface area (Å²) < 4.78 is 0. The Labute approximate surface area is 194 Å². The summed E-state index contributed by atoms with van der Waals surface area (Å²) in [6.45, 7) is 0. The number of carbonyl (C=O) groups excluding carboxylic acids is 2. The zero-order chi connectivity index (χ0) is 22.9. The molecule has 2 aliphatic rings. The first kappa shape index (κ1) is 22.0. The van der Waals surface area contributed by atoms with Gasteiger partial charge < -0.3 is 15.7 Å². The van der Waals surface area contributed by atoms with Crippen molar-refractivity contribution in [2.45, 2.75) is 25.3 Å². The number of carbonyl (C=O) groups is 3. The van der Waals surface area contributed by atoms with E-state index in [-0.39, 0.29) is 27.8 Å². The van der Waals surface area contributed by atoms with Crippen molar-refractivity contribution >= 4 is 46.5 Å². The number of pyridine rings is 1. The first-order chi connectivity index (χ1) is 15.3. The molecule has 4 rings (SSSR count). The van der Waals surface area contributed by atoms with E-state index in [2.05, 4.69) is 15.6 Å². The van der Waals surface area contributed by atoms with Crippen molar-refractivity contribution in [3.8, 4) is 0 Å². The zero-order valence-electron chi connectivity index (χ0n) is 16.8. The standard InChI is InChI=1S/C23H19Cl2N3O4/c24-15-11-26-12-16(25)20(15)21(30)27-14-5-3-13(4-6-14)9-17(22(31)32)28-18-10-19(29)23(18)7-1-2-8-23/h1-6,10-12,17,28H,7-9H2,(H,27,30)(H,31,32)/t17-/m0/s1. The molecule has 0 bridgehead atoms. The summed E-state index contributed by atoms with van der Waals surface area (Å²) in [7, 11) is 0. The maximum atomic E-state index is 12.5. The van der Waals surface area contributed by atoms with Gasteiger partial charge in [-0.15, -0.1) is 0 Å². The molecule has 0 saturated carbocycles. The maximum Gasteiger partial charge on any atom is 0.326 e. The Kier molecular flexibility index (Phi) is 6.04. The molecule has 2 aliphatic carbocycles. The van der Waals surface area contributed by atoms with Crippen molar-refractivity contribution in [3.05, 3.63) is 81.8 Å². The number of allylic oxidation sites excluding steroid dienone is 4. The van der Waals surface area contributed by atoms with Gasteiger partial charge in [0.2, 0.25) is 0 Å². The van der Waals surface area contributed by atoms with Crippen LogP contribution >= 0.6 is 23.2 Å². The van der Waals surface area contributed by atoms with Crippen molar-refractivity contribution < 1.29 is 19.5 Å². The number of carboxylic acid groups (broad SMARTS) is 1. The largest absolute Gasteiger partial charge is 0.480 e. The van der Waals surface area contributed by atoms with Crippen molar-refractivity contribution in [1.82, 2.24) is 10.3 Å². The lowest BCUT2D eigenvalue weighted by molar-refractivity contribution is -0.139. The molecule has 1 spiro atoms. The smallest absolute Gasteiger partial charge is 0.326 e. The number of hydrogen-bond acceptors (Lipinski definition) is 5. The van der Waals surface area contributed by atoms with E-state index in [1.807, 2.05) is 12.2 Å². The van der Waals surface area contributed by atoms with Gasteiger partial charge in [0.25, 0.3) is 5.91 Å². The van der Waals surface area contributed by atoms with Crippen molar-refractivity contribution in [3.63, 3.8) is 0 Å². The second-order valence-corrected chi connectivity index (χ2v) is 8.57. The molecule has 1 aromatic carbocycles. The van der Waals surface area contributed by atoms with Crippen LogP contribution in [-0.4, -0.2) is 33.8 Å². The highest BCUT2D eigenvalue weighted by Crippen LogP contribution is 2.46. The predicted molar refractivity (Wildman–Crippen MR) is 121 cm³/mol. The molecule has 2 aromatic rings. The van der Waals surface area contributed by atoms with Gasteiger partial charge in [0, 0.05) is 36.3 Å². The summed E-state index contributed by atoms with van der Waals surface area (Å²) in [5, 5.41) is 15.7. The number of nitrogens with zero attached hydrogens (tertiary/aromatic N) is 1. The van der Waals surface area contributed by atoms with Crippen LogP contribution in [0.5, 0.6) is 0 Å². The number of carboxylic acids is 1. The molecule has 7 nitrogen and oxygen atoms in total. The third-order valence-corrected chi connectivity index (χ3v) is 6.30. The van der Waals surface area contributed by atoms with E-state index >= 15 is 0 Å². The number of benzene rings is 1. The molecule has 0 unspecified atom stereocenters. The minimum absolute atomic E-state index is 0.0311. The molecule has 32 heavy (non-hydrogen) atoms. The van der Waals surface area contributed by atoms with Crippen LogP contribution in [0.3, 0.4) is 0 Å². The Balaban J connectivity index is 1.42. The van der Waals surface area contributed by atoms with E-state index < -0.39 is 23.3 Å². The van der Waals surface area contributed by atoms with E-state index in [9.17, 15) is 19.5 Å². The Hall–Kier alpha value is -3.16. The fraction of sp³-hybridized carbons (Fsp3) is 0.217. The summed E-state index contributed by atoms with van der Waals surface area (Å²) in [4.78, 5) is 40.2. The number of aromatic nitrogens is 1. The van der Waals surface area contributed by atoms with E-state index in [0.29, 0.717) is 24.2 Å². The average Bonchev–Trinajstić information content (AvgIpc) is 3.27. The molecule has 164 valence electrons. The first-order valence-electron chi connectivity index (χ1n) is 9.90. The van der Waals surface area contributed by atoms with Crippen LogP contribution in [0.25, 0.3) is 0 Å². The highest BCUT2D eigenvalue weighted by molar-refractivity contribution is 6.40. The molecule has 0 saturated heterocycles. The minimum Gasteiger partial charge on any atom is -0.480 e. The quantitative estimate of drug-likeness (QED) is 0.526. The molecule has 1 atom stereocenters. The topological polar surface area (TPSA) is 108 Å². The van der Waals surface area contributed by atoms with Crippen LogP contribution in [0.15, 0.2) is 60.6 Å². The van der Waals surface area contributed by atoms with E-state index in [1.54, 1.807) is 24.3 Å². The molecular weight excluding hydrogens is 453 g/mol. The average molecular weight is 472 g/mol. The number of aliphatic carboxylic acids is 1. The van der Waals surface area contributed by atoms with Gasteiger partial charge in [-0.2, -0.15) is 0 Å². The maximum absolute atomic E-state index is 12.5. The Morgan fingerprint density at radius 2 is 1.72 bits per heavy atom. The summed E-state index contributed by atoms with van der Waals surface area (Å²) in [5.74, 6) is -1.45. The third kappa shape index (κ3) is 4.13. The number of rotatable bonds is 7. The molecule has 1 aromatic heterocycles. The molecule has 9 heteroatoms. The number of amides is 1. The van der Waals surface area contributed by atoms with Gasteiger partial charge in [-0.25, -0.2) is 4.79 Å². The lowest BCUT2D eigenvalue weighted by atomic mass is 9.69. The second kappa shape index (κ2) is 8.76. The fourth-order valence-corrected chi connectivity index (χ4v) is 4.42. The number of halogens is 2. The Bertz CT molecular complexity index is 1130. The molecule has 0 radical (unpaired) electrons. The van der Waals surface area contributed by atoms with Crippen molar-refractivity contribution in [1.29, 1.82) is 0 Å². The SMILES string of the molecule is O=C(Nc1ccc(C[C@H](NC2=CC(=O)C23CC=CC3)C(=O)O)cc1)c1c(Cl)cncc1Cl. The molecule has 1 amide bonds. The van der Waals surface area contributed by atoms with Gasteiger partial charge in [-0.05, 0) is 30.5 Å². The summed E-state index contributed by atoms with van der Waals surface area (Å²) in [6, 6.07) is 5.92. The Morgan fingerprint density at radius 3 is 2.28 bits per heavy atom. The molecule has 3 N–H and O–H groups in total. The highest BCUT2D eigenvalue weighted by atomic mass is 35.5. The van der Waals surface area contributed by atoms with Gasteiger partial charge in [-0.3, -0.25) is 14.6 Å². The van der Waals surface area contributed by atoms with Crippen molar-refractivity contribution in [2.75, 3.05) is 5.32 Å². The van der Waals surface area contributed by atoms with Crippen LogP contribution in [0.4, 0.5) is 5.69 Å². The number of anilines is 1. The van der Waals surface area contributed by atoms with E-state index in [1.165, 1.54) is 18.5 Å². The normalized spacial score (nSPS) is 16.9. The van der Waals surface area contributed by atoms with Crippen LogP contribution < -0.4 is 10.6 Å². The van der Waals surface area contributed by atoms with Crippen LogP contribution in [-0.2, 0) is 16.0 Å². The fourth-order valence-electron chi connectivity index (χ4n) is 3.89. The van der Waals surface area contributed by atoms with Gasteiger partial charge in [0.1, 0.15) is 6.04 Å². The lowest BCUT2D eigenvalue weighted by Gasteiger charge is -2.38. The molecule has 0 aliphatic heterocycles. The second-order valence-electron chi connectivity index (χ2n) is 7.75. The number of ketones is 1. The van der Waals surface area contributed by atoms with Crippen LogP contribution in [0, 0.1) is 5.41 Å². The van der Waals surface area contributed by atoms with Gasteiger partial charge >= 0.3 is 5.97 Å². The number of hydrogen-bond donors (Lipinski definition) is 3. The van der Waals surface area contributed by atoms with Gasteiger partial charge in [0.15, 0.2) is 5.78 Å². The molecule has 0 fully saturated rings. The predicted octanol–water partition coefficient (Wildman–Crippen LogP) is 4.03. The van der Waals surface area contributed by atoms with Crippen LogP contribution in [0.1, 0.15) is 28.8 Å². The molecular formula is C23H19Cl2N3O4. The van der Waals surface area contributed by atoms with Crippen LogP contribution in [0.2, 0.25) is 10.0 Å². The first-order valence-corrected chi connectivity index (χ1v) is 10.7. The van der Waals surface area contributed by atoms with Crippen molar-refractivity contribution in [2.24, 2.45) is 5.41 Å². The minimum atomic E-state index is -1.01. The zero-order valence-corrected chi connectivity index (χ0v) is 18.3.